The number of amidine groups is 1. The van der Waals surface area contributed by atoms with Gasteiger partial charge in [0, 0.05) is 7.05 Å². The van der Waals surface area contributed by atoms with Crippen LogP contribution in [0.25, 0.3) is 0 Å². The molecule has 0 aliphatic heterocycles. The molecule has 1 atom stereocenters. The SMILES string of the molecule is CNC(=O)CSc1nonc1C(=NC1Cc2ccccc21)NO. The lowest BCUT2D eigenvalue weighted by Gasteiger charge is -2.27. The first kappa shape index (κ1) is 15.5. The number of rotatable bonds is 5. The first-order valence-corrected chi connectivity index (χ1v) is 7.93. The summed E-state index contributed by atoms with van der Waals surface area (Å²) in [6.07, 6.45) is 0.799. The van der Waals surface area contributed by atoms with Crippen LogP contribution in [0.1, 0.15) is 22.9 Å². The van der Waals surface area contributed by atoms with Crippen molar-refractivity contribution in [3.8, 4) is 0 Å². The van der Waals surface area contributed by atoms with Gasteiger partial charge in [0.15, 0.2) is 16.6 Å². The molecule has 23 heavy (non-hydrogen) atoms. The van der Waals surface area contributed by atoms with Crippen LogP contribution in [0.2, 0.25) is 0 Å². The first-order chi connectivity index (χ1) is 11.2. The monoisotopic (exact) mass is 333 g/mol. The molecule has 3 rings (SSSR count). The fraction of sp³-hybridized carbons (Fsp3) is 0.286. The first-order valence-electron chi connectivity index (χ1n) is 6.95. The lowest BCUT2D eigenvalue weighted by molar-refractivity contribution is -0.118. The molecule has 0 bridgehead atoms. The summed E-state index contributed by atoms with van der Waals surface area (Å²) in [4.78, 5) is 15.8. The van der Waals surface area contributed by atoms with Crippen LogP contribution in [0.4, 0.5) is 0 Å². The van der Waals surface area contributed by atoms with Gasteiger partial charge in [0.2, 0.25) is 5.91 Å². The highest BCUT2D eigenvalue weighted by atomic mass is 32.2. The molecule has 8 nitrogen and oxygen atoms in total. The standard InChI is InChI=1S/C14H15N5O3S/c1-15-11(20)7-23-14-12(18-22-19-14)13(17-21)16-10-6-8-4-2-3-5-9(8)10/h2-5,10,21H,6-7H2,1H3,(H,15,20)(H,16,17). The number of carbonyl (C=O) groups is 1. The van der Waals surface area contributed by atoms with Crippen molar-refractivity contribution >= 4 is 23.5 Å². The number of fused-ring (bicyclic) bond motifs is 1. The largest absolute Gasteiger partial charge is 0.358 e. The molecule has 9 heteroatoms. The van der Waals surface area contributed by atoms with Gasteiger partial charge in [0.05, 0.1) is 11.8 Å². The predicted molar refractivity (Wildman–Crippen MR) is 83.4 cm³/mol. The van der Waals surface area contributed by atoms with Crippen molar-refractivity contribution in [3.63, 3.8) is 0 Å². The molecular formula is C14H15N5O3S. The van der Waals surface area contributed by atoms with Gasteiger partial charge in [-0.2, -0.15) is 0 Å². The zero-order valence-electron chi connectivity index (χ0n) is 12.3. The molecular weight excluding hydrogens is 318 g/mol. The van der Waals surface area contributed by atoms with E-state index in [0.717, 1.165) is 23.7 Å². The summed E-state index contributed by atoms with van der Waals surface area (Å²) >= 11 is 1.16. The van der Waals surface area contributed by atoms with E-state index in [1.165, 1.54) is 5.56 Å². The van der Waals surface area contributed by atoms with E-state index < -0.39 is 0 Å². The van der Waals surface area contributed by atoms with Gasteiger partial charge in [-0.25, -0.2) is 4.63 Å². The molecule has 1 aliphatic carbocycles. The Hall–Kier alpha value is -2.39. The van der Waals surface area contributed by atoms with Gasteiger partial charge >= 0.3 is 0 Å². The fourth-order valence-electron chi connectivity index (χ4n) is 2.27. The Labute approximate surface area is 136 Å². The number of amides is 1. The third kappa shape index (κ3) is 3.20. The number of hydroxylamine groups is 1. The third-order valence-electron chi connectivity index (χ3n) is 3.52. The number of thioether (sulfide) groups is 1. The van der Waals surface area contributed by atoms with Crippen molar-refractivity contribution in [1.29, 1.82) is 0 Å². The summed E-state index contributed by atoms with van der Waals surface area (Å²) in [5.74, 6) is 0.195. The second-order valence-electron chi connectivity index (χ2n) is 4.89. The van der Waals surface area contributed by atoms with E-state index in [2.05, 4.69) is 32.2 Å². The van der Waals surface area contributed by atoms with Crippen LogP contribution in [0.15, 0.2) is 38.9 Å². The topological polar surface area (TPSA) is 113 Å². The molecule has 1 heterocycles. The number of nitrogens with one attached hydrogen (secondary N) is 2. The highest BCUT2D eigenvalue weighted by Gasteiger charge is 2.27. The summed E-state index contributed by atoms with van der Waals surface area (Å²) in [5.41, 5.74) is 4.70. The zero-order valence-corrected chi connectivity index (χ0v) is 13.1. The number of benzene rings is 1. The predicted octanol–water partition coefficient (Wildman–Crippen LogP) is 0.930. The van der Waals surface area contributed by atoms with Crippen LogP contribution in [-0.2, 0) is 11.2 Å². The van der Waals surface area contributed by atoms with E-state index in [9.17, 15) is 10.0 Å². The van der Waals surface area contributed by atoms with Crippen molar-refractivity contribution < 1.29 is 14.6 Å². The van der Waals surface area contributed by atoms with Crippen LogP contribution >= 0.6 is 11.8 Å². The Bertz CT molecular complexity index is 746. The molecule has 2 aromatic rings. The highest BCUT2D eigenvalue weighted by molar-refractivity contribution is 8.00. The Morgan fingerprint density at radius 3 is 3.04 bits per heavy atom. The molecule has 0 spiro atoms. The van der Waals surface area contributed by atoms with Crippen LogP contribution in [-0.4, -0.2) is 40.1 Å². The van der Waals surface area contributed by atoms with Crippen LogP contribution in [0.3, 0.4) is 0 Å². The minimum atomic E-state index is -0.146. The van der Waals surface area contributed by atoms with E-state index in [-0.39, 0.29) is 29.2 Å². The molecule has 1 aromatic carbocycles. The van der Waals surface area contributed by atoms with Crippen LogP contribution in [0, 0.1) is 0 Å². The lowest BCUT2D eigenvalue weighted by atomic mass is 9.84. The Morgan fingerprint density at radius 1 is 1.48 bits per heavy atom. The maximum absolute atomic E-state index is 11.3. The molecule has 1 amide bonds. The summed E-state index contributed by atoms with van der Waals surface area (Å²) < 4.78 is 4.71. The fourth-order valence-corrected chi connectivity index (χ4v) is 3.04. The molecule has 1 aliphatic rings. The Morgan fingerprint density at radius 2 is 2.30 bits per heavy atom. The normalized spacial score (nSPS) is 16.4. The summed E-state index contributed by atoms with van der Waals surface area (Å²) in [5, 5.41) is 19.8. The van der Waals surface area contributed by atoms with Gasteiger partial charge in [-0.15, -0.1) is 0 Å². The quantitative estimate of drug-likeness (QED) is 0.323. The van der Waals surface area contributed by atoms with Crippen molar-refractivity contribution in [2.24, 2.45) is 4.99 Å². The average molecular weight is 333 g/mol. The van der Waals surface area contributed by atoms with E-state index in [4.69, 9.17) is 4.63 Å². The molecule has 0 radical (unpaired) electrons. The van der Waals surface area contributed by atoms with Gasteiger partial charge in [-0.1, -0.05) is 36.0 Å². The number of aromatic nitrogens is 2. The molecule has 3 N–H and O–H groups in total. The summed E-state index contributed by atoms with van der Waals surface area (Å²) in [6.45, 7) is 0. The molecule has 120 valence electrons. The van der Waals surface area contributed by atoms with Crippen LogP contribution < -0.4 is 10.8 Å². The maximum Gasteiger partial charge on any atom is 0.230 e. The van der Waals surface area contributed by atoms with Gasteiger partial charge in [0.25, 0.3) is 0 Å². The molecule has 0 fully saturated rings. The Kier molecular flexibility index (Phi) is 4.58. The minimum Gasteiger partial charge on any atom is -0.358 e. The van der Waals surface area contributed by atoms with Gasteiger partial charge in [-0.05, 0) is 27.9 Å². The highest BCUT2D eigenvalue weighted by Crippen LogP contribution is 2.36. The number of aliphatic imine (C=N–C) groups is 1. The number of hydrogen-bond donors (Lipinski definition) is 3. The second kappa shape index (κ2) is 6.80. The second-order valence-corrected chi connectivity index (χ2v) is 5.85. The van der Waals surface area contributed by atoms with Crippen molar-refractivity contribution in [1.82, 2.24) is 21.1 Å². The molecule has 0 saturated heterocycles. The van der Waals surface area contributed by atoms with E-state index in [1.54, 1.807) is 7.05 Å². The van der Waals surface area contributed by atoms with Crippen molar-refractivity contribution in [2.45, 2.75) is 17.5 Å². The molecule has 0 saturated carbocycles. The Balaban J connectivity index is 1.78. The summed E-state index contributed by atoms with van der Waals surface area (Å²) in [7, 11) is 1.56. The molecule has 1 unspecified atom stereocenters. The van der Waals surface area contributed by atoms with Crippen LogP contribution in [0.5, 0.6) is 0 Å². The minimum absolute atomic E-state index is 0.0469. The lowest BCUT2D eigenvalue weighted by Crippen LogP contribution is -2.26. The van der Waals surface area contributed by atoms with E-state index >= 15 is 0 Å². The van der Waals surface area contributed by atoms with E-state index in [0.29, 0.717) is 5.03 Å². The number of carbonyl (C=O) groups excluding carboxylic acids is 1. The average Bonchev–Trinajstić information content (AvgIpc) is 3.02. The number of hydrogen-bond acceptors (Lipinski definition) is 7. The third-order valence-corrected chi connectivity index (χ3v) is 4.47. The van der Waals surface area contributed by atoms with E-state index in [1.807, 2.05) is 18.2 Å². The molecule has 1 aromatic heterocycles. The van der Waals surface area contributed by atoms with Crippen molar-refractivity contribution in [2.75, 3.05) is 12.8 Å². The van der Waals surface area contributed by atoms with Gasteiger partial charge in [0.1, 0.15) is 0 Å². The van der Waals surface area contributed by atoms with Gasteiger partial charge in [-0.3, -0.25) is 20.5 Å². The number of nitrogens with zero attached hydrogens (tertiary/aromatic N) is 3. The van der Waals surface area contributed by atoms with Crippen molar-refractivity contribution in [3.05, 3.63) is 41.1 Å². The summed E-state index contributed by atoms with van der Waals surface area (Å²) in [6, 6.07) is 7.95. The smallest absolute Gasteiger partial charge is 0.230 e. The maximum atomic E-state index is 11.3. The zero-order chi connectivity index (χ0) is 16.2. The van der Waals surface area contributed by atoms with Gasteiger partial charge < -0.3 is 5.32 Å².